The van der Waals surface area contributed by atoms with Gasteiger partial charge in [0.15, 0.2) is 0 Å². The molecule has 3 rings (SSSR count). The van der Waals surface area contributed by atoms with Crippen molar-refractivity contribution in [1.82, 2.24) is 20.2 Å². The second-order valence-corrected chi connectivity index (χ2v) is 4.00. The van der Waals surface area contributed by atoms with Gasteiger partial charge < -0.3 is 10.3 Å². The van der Waals surface area contributed by atoms with E-state index in [1.54, 1.807) is 6.20 Å². The van der Waals surface area contributed by atoms with Gasteiger partial charge in [-0.3, -0.25) is 5.10 Å². The average molecular weight is 227 g/mol. The van der Waals surface area contributed by atoms with Crippen LogP contribution in [-0.2, 0) is 0 Å². The maximum Gasteiger partial charge on any atom is 0.201 e. The molecule has 1 atom stereocenters. The molecule has 17 heavy (non-hydrogen) atoms. The summed E-state index contributed by atoms with van der Waals surface area (Å²) >= 11 is 0. The van der Waals surface area contributed by atoms with E-state index in [4.69, 9.17) is 0 Å². The largest absolute Gasteiger partial charge is 0.349 e. The van der Waals surface area contributed by atoms with E-state index >= 15 is 0 Å². The van der Waals surface area contributed by atoms with Crippen LogP contribution in [0.3, 0.4) is 0 Å². The molecule has 0 radical (unpaired) electrons. The van der Waals surface area contributed by atoms with Crippen LogP contribution in [0.1, 0.15) is 18.5 Å². The number of H-pyrrole nitrogens is 2. The molecule has 0 fully saturated rings. The molecular formula is C12H13N5. The van der Waals surface area contributed by atoms with Gasteiger partial charge >= 0.3 is 0 Å². The first-order valence-corrected chi connectivity index (χ1v) is 5.53. The topological polar surface area (TPSA) is 69.4 Å². The van der Waals surface area contributed by atoms with E-state index in [0.717, 1.165) is 22.5 Å². The van der Waals surface area contributed by atoms with Crippen LogP contribution in [0.4, 0.5) is 5.95 Å². The number of imidazole rings is 1. The molecule has 1 unspecified atom stereocenters. The first kappa shape index (κ1) is 9.89. The van der Waals surface area contributed by atoms with Crippen LogP contribution in [0, 0.1) is 0 Å². The van der Waals surface area contributed by atoms with Crippen molar-refractivity contribution in [1.29, 1.82) is 0 Å². The zero-order valence-electron chi connectivity index (χ0n) is 9.44. The lowest BCUT2D eigenvalue weighted by atomic mass is 10.2. The number of hydrogen-bond acceptors (Lipinski definition) is 3. The third-order valence-electron chi connectivity index (χ3n) is 2.76. The molecule has 2 heterocycles. The lowest BCUT2D eigenvalue weighted by Gasteiger charge is -2.09. The van der Waals surface area contributed by atoms with E-state index in [-0.39, 0.29) is 6.04 Å². The molecule has 0 amide bonds. The second kappa shape index (κ2) is 3.93. The van der Waals surface area contributed by atoms with E-state index < -0.39 is 0 Å². The number of fused-ring (bicyclic) bond motifs is 1. The van der Waals surface area contributed by atoms with E-state index in [1.165, 1.54) is 0 Å². The molecule has 0 aliphatic carbocycles. The van der Waals surface area contributed by atoms with Gasteiger partial charge in [-0.1, -0.05) is 12.1 Å². The fraction of sp³-hybridized carbons (Fsp3) is 0.167. The van der Waals surface area contributed by atoms with Crippen LogP contribution in [0.25, 0.3) is 11.0 Å². The van der Waals surface area contributed by atoms with Crippen molar-refractivity contribution in [2.75, 3.05) is 5.32 Å². The summed E-state index contributed by atoms with van der Waals surface area (Å²) in [5.74, 6) is 0.778. The maximum atomic E-state index is 4.47. The van der Waals surface area contributed by atoms with E-state index in [0.29, 0.717) is 0 Å². The van der Waals surface area contributed by atoms with E-state index in [2.05, 4.69) is 32.4 Å². The summed E-state index contributed by atoms with van der Waals surface area (Å²) in [6.45, 7) is 2.07. The van der Waals surface area contributed by atoms with Crippen molar-refractivity contribution in [3.8, 4) is 0 Å². The van der Waals surface area contributed by atoms with Crippen molar-refractivity contribution in [3.05, 3.63) is 42.2 Å². The number of rotatable bonds is 3. The fourth-order valence-electron chi connectivity index (χ4n) is 1.81. The number of aromatic amines is 2. The monoisotopic (exact) mass is 227 g/mol. The molecule has 5 heteroatoms. The molecule has 0 aliphatic rings. The molecule has 0 saturated carbocycles. The Hall–Kier alpha value is -2.30. The Kier molecular flexibility index (Phi) is 2.29. The number of benzene rings is 1. The van der Waals surface area contributed by atoms with Crippen LogP contribution in [0.15, 0.2) is 36.7 Å². The van der Waals surface area contributed by atoms with E-state index in [1.807, 2.05) is 30.5 Å². The number of para-hydroxylation sites is 2. The lowest BCUT2D eigenvalue weighted by molar-refractivity contribution is 0.870. The minimum Gasteiger partial charge on any atom is -0.349 e. The minimum absolute atomic E-state index is 0.161. The molecule has 0 aliphatic heterocycles. The Labute approximate surface area is 98.3 Å². The van der Waals surface area contributed by atoms with Crippen LogP contribution >= 0.6 is 0 Å². The molecule has 3 aromatic rings. The molecule has 0 saturated heterocycles. The van der Waals surface area contributed by atoms with Gasteiger partial charge in [-0.15, -0.1) is 0 Å². The fourth-order valence-corrected chi connectivity index (χ4v) is 1.81. The van der Waals surface area contributed by atoms with Crippen LogP contribution in [-0.4, -0.2) is 20.2 Å². The summed E-state index contributed by atoms with van der Waals surface area (Å²) in [6, 6.07) is 8.13. The first-order chi connectivity index (χ1) is 8.33. The third-order valence-corrected chi connectivity index (χ3v) is 2.76. The molecule has 2 aromatic heterocycles. The Morgan fingerprint density at radius 2 is 2.18 bits per heavy atom. The van der Waals surface area contributed by atoms with Gasteiger partial charge in [0.1, 0.15) is 0 Å². The van der Waals surface area contributed by atoms with Gasteiger partial charge in [0.2, 0.25) is 5.95 Å². The summed E-state index contributed by atoms with van der Waals surface area (Å²) in [4.78, 5) is 7.70. The summed E-state index contributed by atoms with van der Waals surface area (Å²) in [7, 11) is 0. The van der Waals surface area contributed by atoms with Crippen molar-refractivity contribution in [2.24, 2.45) is 0 Å². The highest BCUT2D eigenvalue weighted by atomic mass is 15.1. The summed E-state index contributed by atoms with van der Waals surface area (Å²) in [5.41, 5.74) is 3.11. The quantitative estimate of drug-likeness (QED) is 0.643. The van der Waals surface area contributed by atoms with Crippen molar-refractivity contribution in [2.45, 2.75) is 13.0 Å². The number of aromatic nitrogens is 4. The highest BCUT2D eigenvalue weighted by molar-refractivity contribution is 5.77. The predicted molar refractivity (Wildman–Crippen MR) is 66.7 cm³/mol. The van der Waals surface area contributed by atoms with Gasteiger partial charge in [0, 0.05) is 11.8 Å². The Morgan fingerprint density at radius 1 is 1.29 bits per heavy atom. The van der Waals surface area contributed by atoms with Crippen LogP contribution in [0.5, 0.6) is 0 Å². The Bertz CT molecular complexity index is 578. The van der Waals surface area contributed by atoms with Crippen LogP contribution < -0.4 is 5.32 Å². The van der Waals surface area contributed by atoms with Crippen molar-refractivity contribution in [3.63, 3.8) is 0 Å². The summed E-state index contributed by atoms with van der Waals surface area (Å²) in [5, 5.41) is 10.0. The number of anilines is 1. The summed E-state index contributed by atoms with van der Waals surface area (Å²) < 4.78 is 0. The molecule has 5 nitrogen and oxygen atoms in total. The molecule has 86 valence electrons. The predicted octanol–water partition coefficient (Wildman–Crippen LogP) is 2.46. The number of nitrogens with one attached hydrogen (secondary N) is 3. The van der Waals surface area contributed by atoms with Gasteiger partial charge in [0.25, 0.3) is 0 Å². The minimum atomic E-state index is 0.161. The average Bonchev–Trinajstić information content (AvgIpc) is 2.97. The SMILES string of the molecule is CC(Nc1nc2ccccc2[nH]1)c1cn[nH]c1. The second-order valence-electron chi connectivity index (χ2n) is 4.00. The molecular weight excluding hydrogens is 214 g/mol. The molecule has 0 bridgehead atoms. The van der Waals surface area contributed by atoms with Crippen molar-refractivity contribution < 1.29 is 0 Å². The van der Waals surface area contributed by atoms with Gasteiger partial charge in [-0.25, -0.2) is 4.98 Å². The highest BCUT2D eigenvalue weighted by Gasteiger charge is 2.08. The standard InChI is InChI=1S/C12H13N5/c1-8(9-6-13-14-7-9)15-12-16-10-4-2-3-5-11(10)17-12/h2-8H,1H3,(H,13,14)(H2,15,16,17). The summed E-state index contributed by atoms with van der Waals surface area (Å²) in [6.07, 6.45) is 3.68. The number of hydrogen-bond donors (Lipinski definition) is 3. The van der Waals surface area contributed by atoms with Gasteiger partial charge in [-0.05, 0) is 19.1 Å². The third kappa shape index (κ3) is 1.87. The molecule has 1 aromatic carbocycles. The smallest absolute Gasteiger partial charge is 0.201 e. The van der Waals surface area contributed by atoms with Crippen LogP contribution in [0.2, 0.25) is 0 Å². The molecule has 3 N–H and O–H groups in total. The zero-order valence-corrected chi connectivity index (χ0v) is 9.44. The lowest BCUT2D eigenvalue weighted by Crippen LogP contribution is -2.06. The van der Waals surface area contributed by atoms with Gasteiger partial charge in [0.05, 0.1) is 23.3 Å². The molecule has 0 spiro atoms. The Morgan fingerprint density at radius 3 is 2.94 bits per heavy atom. The zero-order chi connectivity index (χ0) is 11.7. The normalized spacial score (nSPS) is 12.8. The first-order valence-electron chi connectivity index (χ1n) is 5.53. The van der Waals surface area contributed by atoms with Gasteiger partial charge in [-0.2, -0.15) is 5.10 Å². The number of nitrogens with zero attached hydrogens (tertiary/aromatic N) is 2. The van der Waals surface area contributed by atoms with Crippen molar-refractivity contribution >= 4 is 17.0 Å². The highest BCUT2D eigenvalue weighted by Crippen LogP contribution is 2.18. The maximum absolute atomic E-state index is 4.47. The van der Waals surface area contributed by atoms with E-state index in [9.17, 15) is 0 Å². The Balaban J connectivity index is 1.85.